The smallest absolute Gasteiger partial charge is 0.0212 e. The van der Waals surface area contributed by atoms with E-state index in [9.17, 15) is 0 Å². The van der Waals surface area contributed by atoms with Crippen LogP contribution in [0.25, 0.3) is 0 Å². The highest BCUT2D eigenvalue weighted by molar-refractivity contribution is 9.10. The van der Waals surface area contributed by atoms with E-state index in [2.05, 4.69) is 60.2 Å². The monoisotopic (exact) mass is 309 g/mol. The molecule has 1 N–H and O–H groups in total. The predicted molar refractivity (Wildman–Crippen MR) is 82.1 cm³/mol. The van der Waals surface area contributed by atoms with Crippen LogP contribution in [0.1, 0.15) is 43.7 Å². The van der Waals surface area contributed by atoms with Crippen molar-refractivity contribution in [1.82, 2.24) is 5.32 Å². The molecular weight excluding hydrogens is 286 g/mol. The second-order valence-electron chi connectivity index (χ2n) is 6.01. The van der Waals surface area contributed by atoms with Gasteiger partial charge in [-0.2, -0.15) is 0 Å². The Bertz CT molecular complexity index is 400. The second-order valence-corrected chi connectivity index (χ2v) is 6.87. The Labute approximate surface area is 119 Å². The van der Waals surface area contributed by atoms with Crippen LogP contribution >= 0.6 is 15.9 Å². The van der Waals surface area contributed by atoms with E-state index in [1.807, 2.05) is 0 Å². The van der Waals surface area contributed by atoms with Crippen LogP contribution in [-0.2, 0) is 0 Å². The largest absolute Gasteiger partial charge is 0.316 e. The molecule has 1 fully saturated rings. The van der Waals surface area contributed by atoms with Crippen molar-refractivity contribution in [3.05, 3.63) is 33.8 Å². The first-order valence-corrected chi connectivity index (χ1v) is 7.84. The topological polar surface area (TPSA) is 12.0 Å². The summed E-state index contributed by atoms with van der Waals surface area (Å²) in [4.78, 5) is 0. The summed E-state index contributed by atoms with van der Waals surface area (Å²) >= 11 is 3.76. The van der Waals surface area contributed by atoms with Crippen LogP contribution in [0.2, 0.25) is 0 Å². The zero-order chi connectivity index (χ0) is 13.1. The fraction of sp³-hybridized carbons (Fsp3) is 0.625. The van der Waals surface area contributed by atoms with Gasteiger partial charge in [0.1, 0.15) is 0 Å². The van der Waals surface area contributed by atoms with Crippen molar-refractivity contribution >= 4 is 15.9 Å². The number of hydrogen-bond acceptors (Lipinski definition) is 1. The van der Waals surface area contributed by atoms with Crippen molar-refractivity contribution in [2.24, 2.45) is 11.8 Å². The molecule has 0 radical (unpaired) electrons. The van der Waals surface area contributed by atoms with E-state index in [4.69, 9.17) is 0 Å². The quantitative estimate of drug-likeness (QED) is 0.867. The van der Waals surface area contributed by atoms with E-state index in [-0.39, 0.29) is 0 Å². The van der Waals surface area contributed by atoms with Gasteiger partial charge in [-0.05, 0) is 67.8 Å². The molecule has 1 aliphatic heterocycles. The Morgan fingerprint density at radius 2 is 2.17 bits per heavy atom. The van der Waals surface area contributed by atoms with E-state index in [1.54, 1.807) is 0 Å². The molecule has 0 aliphatic carbocycles. The summed E-state index contributed by atoms with van der Waals surface area (Å²) in [7, 11) is 0. The molecule has 2 atom stereocenters. The first kappa shape index (κ1) is 14.1. The van der Waals surface area contributed by atoms with Gasteiger partial charge in [0.05, 0.1) is 0 Å². The minimum absolute atomic E-state index is 0.712. The van der Waals surface area contributed by atoms with Crippen molar-refractivity contribution in [2.45, 2.75) is 39.5 Å². The number of hydrogen-bond donors (Lipinski definition) is 1. The Kier molecular flexibility index (Phi) is 4.85. The molecule has 1 saturated heterocycles. The van der Waals surface area contributed by atoms with Gasteiger partial charge in [0, 0.05) is 4.47 Å². The van der Waals surface area contributed by atoms with Crippen LogP contribution in [0.15, 0.2) is 22.7 Å². The molecule has 2 rings (SSSR count). The fourth-order valence-corrected chi connectivity index (χ4v) is 3.91. The second kappa shape index (κ2) is 6.21. The Balaban J connectivity index is 2.22. The minimum Gasteiger partial charge on any atom is -0.316 e. The van der Waals surface area contributed by atoms with Gasteiger partial charge in [-0.15, -0.1) is 0 Å². The van der Waals surface area contributed by atoms with Crippen LogP contribution in [-0.4, -0.2) is 13.1 Å². The van der Waals surface area contributed by atoms with Crippen molar-refractivity contribution < 1.29 is 0 Å². The maximum Gasteiger partial charge on any atom is 0.0212 e. The third kappa shape index (κ3) is 3.36. The van der Waals surface area contributed by atoms with Gasteiger partial charge in [-0.3, -0.25) is 0 Å². The highest BCUT2D eigenvalue weighted by Crippen LogP contribution is 2.37. The number of halogens is 1. The number of rotatable bonds is 3. The van der Waals surface area contributed by atoms with Crippen molar-refractivity contribution in [3.8, 4) is 0 Å². The molecular formula is C16H24BrN. The molecule has 2 unspecified atom stereocenters. The summed E-state index contributed by atoms with van der Waals surface area (Å²) < 4.78 is 1.29. The van der Waals surface area contributed by atoms with Gasteiger partial charge < -0.3 is 5.32 Å². The number of nitrogens with one attached hydrogen (secondary N) is 1. The van der Waals surface area contributed by atoms with Crippen LogP contribution < -0.4 is 5.32 Å². The highest BCUT2D eigenvalue weighted by atomic mass is 79.9. The number of piperidine rings is 1. The lowest BCUT2D eigenvalue weighted by Crippen LogP contribution is -2.36. The third-order valence-electron chi connectivity index (χ3n) is 3.94. The normalized spacial score (nSPS) is 24.5. The molecule has 2 heteroatoms. The summed E-state index contributed by atoms with van der Waals surface area (Å²) in [5.74, 6) is 2.27. The van der Waals surface area contributed by atoms with Crippen LogP contribution in [0.3, 0.4) is 0 Å². The molecule has 1 aromatic carbocycles. The zero-order valence-corrected chi connectivity index (χ0v) is 13.3. The lowest BCUT2D eigenvalue weighted by atomic mass is 9.77. The summed E-state index contributed by atoms with van der Waals surface area (Å²) in [6.45, 7) is 9.14. The van der Waals surface area contributed by atoms with E-state index < -0.39 is 0 Å². The first-order valence-electron chi connectivity index (χ1n) is 7.04. The molecule has 0 spiro atoms. The van der Waals surface area contributed by atoms with Gasteiger partial charge in [0.25, 0.3) is 0 Å². The van der Waals surface area contributed by atoms with Crippen molar-refractivity contribution in [3.63, 3.8) is 0 Å². The molecule has 1 aromatic rings. The van der Waals surface area contributed by atoms with Gasteiger partial charge in [-0.25, -0.2) is 0 Å². The van der Waals surface area contributed by atoms with E-state index in [0.717, 1.165) is 18.4 Å². The SMILES string of the molecule is Cc1ccc(C2CCNCC2CC(C)C)c(Br)c1. The van der Waals surface area contributed by atoms with Gasteiger partial charge >= 0.3 is 0 Å². The van der Waals surface area contributed by atoms with Crippen molar-refractivity contribution in [1.29, 1.82) is 0 Å². The average Bonchev–Trinajstić information content (AvgIpc) is 2.30. The predicted octanol–water partition coefficient (Wildman–Crippen LogP) is 4.50. The summed E-state index contributed by atoms with van der Waals surface area (Å²) in [5, 5.41) is 3.56. The maximum atomic E-state index is 3.76. The molecule has 18 heavy (non-hydrogen) atoms. The third-order valence-corrected chi connectivity index (χ3v) is 4.62. The molecule has 100 valence electrons. The van der Waals surface area contributed by atoms with Crippen LogP contribution in [0.5, 0.6) is 0 Å². The molecule has 0 saturated carbocycles. The maximum absolute atomic E-state index is 3.76. The zero-order valence-electron chi connectivity index (χ0n) is 11.7. The molecule has 1 nitrogen and oxygen atoms in total. The first-order chi connectivity index (χ1) is 8.58. The molecule has 0 bridgehead atoms. The lowest BCUT2D eigenvalue weighted by molar-refractivity contribution is 0.279. The van der Waals surface area contributed by atoms with Gasteiger partial charge in [-0.1, -0.05) is 41.9 Å². The van der Waals surface area contributed by atoms with Crippen LogP contribution in [0, 0.1) is 18.8 Å². The molecule has 0 amide bonds. The Morgan fingerprint density at radius 3 is 2.83 bits per heavy atom. The average molecular weight is 310 g/mol. The Morgan fingerprint density at radius 1 is 1.39 bits per heavy atom. The fourth-order valence-electron chi connectivity index (χ4n) is 3.12. The van der Waals surface area contributed by atoms with E-state index in [1.165, 1.54) is 35.0 Å². The number of benzene rings is 1. The summed E-state index contributed by atoms with van der Waals surface area (Å²) in [6, 6.07) is 6.82. The number of aryl methyl sites for hydroxylation is 1. The van der Waals surface area contributed by atoms with E-state index in [0.29, 0.717) is 5.92 Å². The summed E-state index contributed by atoms with van der Waals surface area (Å²) in [6.07, 6.45) is 2.58. The lowest BCUT2D eigenvalue weighted by Gasteiger charge is -2.34. The Hall–Kier alpha value is -0.340. The summed E-state index contributed by atoms with van der Waals surface area (Å²) in [5.41, 5.74) is 2.84. The molecule has 1 heterocycles. The van der Waals surface area contributed by atoms with E-state index >= 15 is 0 Å². The van der Waals surface area contributed by atoms with Gasteiger partial charge in [0.15, 0.2) is 0 Å². The van der Waals surface area contributed by atoms with Crippen molar-refractivity contribution in [2.75, 3.05) is 13.1 Å². The van der Waals surface area contributed by atoms with Gasteiger partial charge in [0.2, 0.25) is 0 Å². The standard InChI is InChI=1S/C16H24BrN/c1-11(2)8-13-10-18-7-6-14(13)15-5-4-12(3)9-16(15)17/h4-5,9,11,13-14,18H,6-8,10H2,1-3H3. The molecule has 0 aromatic heterocycles. The minimum atomic E-state index is 0.712. The highest BCUT2D eigenvalue weighted by Gasteiger charge is 2.28. The molecule has 1 aliphatic rings. The van der Waals surface area contributed by atoms with Crippen LogP contribution in [0.4, 0.5) is 0 Å².